The van der Waals surface area contributed by atoms with Crippen LogP contribution in [0.2, 0.25) is 0 Å². The fraction of sp³-hybridized carbons (Fsp3) is 0.647. The normalized spacial score (nSPS) is 29.4. The third-order valence-electron chi connectivity index (χ3n) is 5.12. The van der Waals surface area contributed by atoms with Crippen LogP contribution in [0.3, 0.4) is 0 Å². The van der Waals surface area contributed by atoms with E-state index >= 15 is 0 Å². The van der Waals surface area contributed by atoms with Gasteiger partial charge in [0, 0.05) is 13.1 Å². The first-order valence-corrected chi connectivity index (χ1v) is 7.86. The maximum Gasteiger partial charge on any atom is 0.142 e. The summed E-state index contributed by atoms with van der Waals surface area (Å²) in [5.74, 6) is 2.59. The molecule has 1 aromatic carbocycles. The van der Waals surface area contributed by atoms with Crippen molar-refractivity contribution in [3.63, 3.8) is 0 Å². The smallest absolute Gasteiger partial charge is 0.142 e. The number of rotatable bonds is 3. The lowest BCUT2D eigenvalue weighted by Crippen LogP contribution is -2.63. The van der Waals surface area contributed by atoms with Gasteiger partial charge in [-0.05, 0) is 43.2 Å². The Labute approximate surface area is 122 Å². The molecule has 1 aliphatic heterocycles. The molecule has 2 aliphatic rings. The van der Waals surface area contributed by atoms with Crippen LogP contribution in [0, 0.1) is 11.8 Å². The zero-order valence-electron chi connectivity index (χ0n) is 12.6. The second-order valence-corrected chi connectivity index (χ2v) is 6.66. The molecule has 0 radical (unpaired) electrons. The van der Waals surface area contributed by atoms with Crippen LogP contribution in [-0.2, 0) is 0 Å². The van der Waals surface area contributed by atoms with E-state index in [0.29, 0.717) is 0 Å². The van der Waals surface area contributed by atoms with Gasteiger partial charge in [-0.15, -0.1) is 0 Å². The van der Waals surface area contributed by atoms with E-state index in [9.17, 15) is 0 Å². The number of hydrogen-bond donors (Lipinski definition) is 1. The fourth-order valence-electron chi connectivity index (χ4n) is 3.71. The number of anilines is 1. The van der Waals surface area contributed by atoms with E-state index in [4.69, 9.17) is 10.5 Å². The van der Waals surface area contributed by atoms with Crippen LogP contribution < -0.4 is 15.4 Å². The van der Waals surface area contributed by atoms with Gasteiger partial charge in [-0.3, -0.25) is 0 Å². The fourth-order valence-corrected chi connectivity index (χ4v) is 3.71. The molecule has 0 amide bonds. The van der Waals surface area contributed by atoms with Crippen LogP contribution in [0.25, 0.3) is 0 Å². The van der Waals surface area contributed by atoms with Crippen LogP contribution in [0.5, 0.6) is 5.75 Å². The van der Waals surface area contributed by atoms with Crippen molar-refractivity contribution < 1.29 is 4.74 Å². The van der Waals surface area contributed by atoms with E-state index in [1.807, 2.05) is 0 Å². The first-order valence-electron chi connectivity index (χ1n) is 7.86. The molecule has 0 unspecified atom stereocenters. The number of nitrogens with zero attached hydrogens (tertiary/aromatic N) is 1. The molecular weight excluding hydrogens is 248 g/mol. The molecule has 20 heavy (non-hydrogen) atoms. The SMILES string of the molecule is CC(C)C1CC(CN)(N2CCCOc3ccccc32)C1. The van der Waals surface area contributed by atoms with Crippen molar-refractivity contribution in [2.45, 2.75) is 38.6 Å². The minimum atomic E-state index is 0.152. The average molecular weight is 274 g/mol. The average Bonchev–Trinajstić information content (AvgIpc) is 2.61. The zero-order chi connectivity index (χ0) is 14.2. The summed E-state index contributed by atoms with van der Waals surface area (Å²) < 4.78 is 5.88. The van der Waals surface area contributed by atoms with Gasteiger partial charge in [0.05, 0.1) is 17.8 Å². The third kappa shape index (κ3) is 2.18. The maximum atomic E-state index is 6.19. The Morgan fingerprint density at radius 2 is 2.10 bits per heavy atom. The summed E-state index contributed by atoms with van der Waals surface area (Å²) in [5.41, 5.74) is 7.57. The Balaban J connectivity index is 1.89. The summed E-state index contributed by atoms with van der Waals surface area (Å²) in [6.07, 6.45) is 3.51. The highest BCUT2D eigenvalue weighted by Crippen LogP contribution is 2.49. The second-order valence-electron chi connectivity index (χ2n) is 6.66. The number of ether oxygens (including phenoxy) is 1. The van der Waals surface area contributed by atoms with Crippen molar-refractivity contribution in [2.24, 2.45) is 17.6 Å². The highest BCUT2D eigenvalue weighted by Gasteiger charge is 2.49. The third-order valence-corrected chi connectivity index (χ3v) is 5.12. The Kier molecular flexibility index (Phi) is 3.63. The van der Waals surface area contributed by atoms with E-state index in [0.717, 1.165) is 43.7 Å². The monoisotopic (exact) mass is 274 g/mol. The first-order chi connectivity index (χ1) is 9.66. The van der Waals surface area contributed by atoms with Gasteiger partial charge < -0.3 is 15.4 Å². The molecule has 3 nitrogen and oxygen atoms in total. The lowest BCUT2D eigenvalue weighted by Gasteiger charge is -2.56. The number of nitrogens with two attached hydrogens (primary N) is 1. The summed E-state index contributed by atoms with van der Waals surface area (Å²) in [6, 6.07) is 8.41. The molecule has 0 saturated heterocycles. The summed E-state index contributed by atoms with van der Waals surface area (Å²) in [6.45, 7) is 7.25. The molecule has 1 saturated carbocycles. The number of benzene rings is 1. The molecule has 0 atom stereocenters. The molecule has 0 aromatic heterocycles. The zero-order valence-corrected chi connectivity index (χ0v) is 12.6. The van der Waals surface area contributed by atoms with E-state index in [-0.39, 0.29) is 5.54 Å². The Morgan fingerprint density at radius 3 is 2.80 bits per heavy atom. The highest BCUT2D eigenvalue weighted by atomic mass is 16.5. The topological polar surface area (TPSA) is 38.5 Å². The van der Waals surface area contributed by atoms with E-state index < -0.39 is 0 Å². The van der Waals surface area contributed by atoms with E-state index in [1.165, 1.54) is 18.5 Å². The molecule has 3 rings (SSSR count). The molecular formula is C17H26N2O. The van der Waals surface area contributed by atoms with Gasteiger partial charge in [-0.2, -0.15) is 0 Å². The van der Waals surface area contributed by atoms with Crippen LogP contribution >= 0.6 is 0 Å². The Morgan fingerprint density at radius 1 is 1.35 bits per heavy atom. The Bertz CT molecular complexity index is 466. The van der Waals surface area contributed by atoms with Crippen LogP contribution in [0.1, 0.15) is 33.1 Å². The molecule has 0 bridgehead atoms. The predicted octanol–water partition coefficient (Wildman–Crippen LogP) is 3.04. The summed E-state index contributed by atoms with van der Waals surface area (Å²) in [7, 11) is 0. The lowest BCUT2D eigenvalue weighted by molar-refractivity contribution is 0.103. The molecule has 1 heterocycles. The molecule has 3 heteroatoms. The molecule has 2 N–H and O–H groups in total. The summed E-state index contributed by atoms with van der Waals surface area (Å²) in [5, 5.41) is 0. The van der Waals surface area contributed by atoms with Gasteiger partial charge in [0.15, 0.2) is 0 Å². The van der Waals surface area contributed by atoms with Gasteiger partial charge >= 0.3 is 0 Å². The number of fused-ring (bicyclic) bond motifs is 1. The van der Waals surface area contributed by atoms with Crippen molar-refractivity contribution in [1.82, 2.24) is 0 Å². The van der Waals surface area contributed by atoms with E-state index in [1.54, 1.807) is 0 Å². The van der Waals surface area contributed by atoms with Gasteiger partial charge in [0.1, 0.15) is 5.75 Å². The molecule has 0 spiro atoms. The number of hydrogen-bond acceptors (Lipinski definition) is 3. The largest absolute Gasteiger partial charge is 0.491 e. The highest BCUT2D eigenvalue weighted by molar-refractivity contribution is 5.61. The summed E-state index contributed by atoms with van der Waals surface area (Å²) >= 11 is 0. The molecule has 1 aromatic rings. The second kappa shape index (κ2) is 5.28. The van der Waals surface area contributed by atoms with Crippen molar-refractivity contribution in [3.8, 4) is 5.75 Å². The molecule has 1 aliphatic carbocycles. The van der Waals surface area contributed by atoms with Gasteiger partial charge in [0.2, 0.25) is 0 Å². The van der Waals surface area contributed by atoms with Crippen molar-refractivity contribution in [2.75, 3.05) is 24.6 Å². The minimum Gasteiger partial charge on any atom is -0.491 e. The van der Waals surface area contributed by atoms with Crippen LogP contribution in [0.15, 0.2) is 24.3 Å². The van der Waals surface area contributed by atoms with Crippen molar-refractivity contribution in [3.05, 3.63) is 24.3 Å². The first kappa shape index (κ1) is 13.7. The maximum absolute atomic E-state index is 6.19. The lowest BCUT2D eigenvalue weighted by atomic mass is 9.63. The van der Waals surface area contributed by atoms with E-state index in [2.05, 4.69) is 43.0 Å². The summed E-state index contributed by atoms with van der Waals surface area (Å²) in [4.78, 5) is 2.54. The van der Waals surface area contributed by atoms with Gasteiger partial charge in [-0.1, -0.05) is 26.0 Å². The quantitative estimate of drug-likeness (QED) is 0.920. The van der Waals surface area contributed by atoms with Gasteiger partial charge in [0.25, 0.3) is 0 Å². The molecule has 1 fully saturated rings. The Hall–Kier alpha value is -1.22. The van der Waals surface area contributed by atoms with Crippen molar-refractivity contribution >= 4 is 5.69 Å². The van der Waals surface area contributed by atoms with Gasteiger partial charge in [-0.25, -0.2) is 0 Å². The van der Waals surface area contributed by atoms with Crippen LogP contribution in [-0.4, -0.2) is 25.2 Å². The minimum absolute atomic E-state index is 0.152. The number of para-hydroxylation sites is 2. The standard InChI is InChI=1S/C17H26N2O/c1-13(2)14-10-17(11-14,12-18)19-8-5-9-20-16-7-4-3-6-15(16)19/h3-4,6-7,13-14H,5,8-12,18H2,1-2H3. The van der Waals surface area contributed by atoms with Crippen LogP contribution in [0.4, 0.5) is 5.69 Å². The molecule has 110 valence electrons. The van der Waals surface area contributed by atoms with Crippen molar-refractivity contribution in [1.29, 1.82) is 0 Å². The predicted molar refractivity (Wildman–Crippen MR) is 83.2 cm³/mol.